The minimum atomic E-state index is -1.27. The topological polar surface area (TPSA) is 162 Å². The Bertz CT molecular complexity index is 1500. The van der Waals surface area contributed by atoms with Crippen molar-refractivity contribution in [2.24, 2.45) is 4.99 Å². The second kappa shape index (κ2) is 9.91. The third-order valence-corrected chi connectivity index (χ3v) is 6.69. The molecule has 3 amide bonds. The van der Waals surface area contributed by atoms with Crippen LogP contribution in [-0.4, -0.2) is 52.3 Å². The van der Waals surface area contributed by atoms with Gasteiger partial charge in [0.15, 0.2) is 0 Å². The van der Waals surface area contributed by atoms with Crippen LogP contribution in [0.2, 0.25) is 0 Å². The number of hydrogen-bond acceptors (Lipinski definition) is 7. The number of carbonyl (C=O) groups excluding carboxylic acids is 3. The number of benzene rings is 3. The number of rotatable bonds is 7. The molecule has 38 heavy (non-hydrogen) atoms. The number of amides is 3. The van der Waals surface area contributed by atoms with Crippen molar-refractivity contribution in [2.45, 2.75) is 24.8 Å². The van der Waals surface area contributed by atoms with E-state index < -0.39 is 29.7 Å². The Kier molecular flexibility index (Phi) is 6.48. The number of fused-ring (bicyclic) bond motifs is 2. The SMILES string of the molecule is Nc1ccc2c(c1)C(=O)N(c1ccc(C[C@H](NC(=O)C3=Nc4ccccc4C3CO)C(=O)O)cc1)C(=O)C2. The van der Waals surface area contributed by atoms with Gasteiger partial charge in [-0.25, -0.2) is 14.7 Å². The predicted molar refractivity (Wildman–Crippen MR) is 139 cm³/mol. The van der Waals surface area contributed by atoms with Gasteiger partial charge in [0.25, 0.3) is 11.8 Å². The number of aliphatic hydroxyl groups is 1. The average Bonchev–Trinajstić information content (AvgIpc) is 3.28. The molecule has 10 heteroatoms. The summed E-state index contributed by atoms with van der Waals surface area (Å²) in [4.78, 5) is 56.0. The lowest BCUT2D eigenvalue weighted by atomic mass is 9.95. The summed E-state index contributed by atoms with van der Waals surface area (Å²) in [5.74, 6) is -3.42. The first-order valence-electron chi connectivity index (χ1n) is 11.9. The second-order valence-electron chi connectivity index (χ2n) is 9.15. The molecule has 0 bridgehead atoms. The van der Waals surface area contributed by atoms with Crippen LogP contribution in [0.25, 0.3) is 0 Å². The lowest BCUT2D eigenvalue weighted by Gasteiger charge is -2.27. The van der Waals surface area contributed by atoms with E-state index in [0.717, 1.165) is 4.90 Å². The molecule has 2 aliphatic heterocycles. The van der Waals surface area contributed by atoms with Gasteiger partial charge in [0.2, 0.25) is 5.91 Å². The number of imide groups is 1. The number of aliphatic carboxylic acids is 1. The Labute approximate surface area is 217 Å². The van der Waals surface area contributed by atoms with Crippen LogP contribution in [0.15, 0.2) is 71.7 Å². The fourth-order valence-corrected chi connectivity index (χ4v) is 4.77. The quantitative estimate of drug-likeness (QED) is 0.278. The van der Waals surface area contributed by atoms with E-state index in [9.17, 15) is 29.4 Å². The van der Waals surface area contributed by atoms with Gasteiger partial charge in [0.1, 0.15) is 11.8 Å². The van der Waals surface area contributed by atoms with Crippen LogP contribution in [0.1, 0.15) is 33.0 Å². The van der Waals surface area contributed by atoms with Crippen molar-refractivity contribution in [3.63, 3.8) is 0 Å². The average molecular weight is 513 g/mol. The first-order valence-corrected chi connectivity index (χ1v) is 11.9. The fraction of sp³-hybridized carbons (Fsp3) is 0.179. The fourth-order valence-electron chi connectivity index (χ4n) is 4.77. The number of nitrogen functional groups attached to an aromatic ring is 1. The standard InChI is InChI=1S/C28H24N4O6/c29-17-8-7-16-12-24(34)32(27(36)20(16)13-17)18-9-5-15(6-10-18)11-23(28(37)38)31-26(35)25-21(14-33)19-3-1-2-4-22(19)30-25/h1-10,13,21,23,33H,11-12,14,29H2,(H,31,35)(H,37,38)/t21?,23-/m0/s1. The zero-order chi connectivity index (χ0) is 27.0. The highest BCUT2D eigenvalue weighted by atomic mass is 16.4. The Morgan fingerprint density at radius 1 is 1.08 bits per heavy atom. The molecule has 192 valence electrons. The summed E-state index contributed by atoms with van der Waals surface area (Å²) >= 11 is 0. The van der Waals surface area contributed by atoms with Gasteiger partial charge in [-0.1, -0.05) is 36.4 Å². The lowest BCUT2D eigenvalue weighted by molar-refractivity contribution is -0.141. The van der Waals surface area contributed by atoms with Crippen molar-refractivity contribution in [2.75, 3.05) is 17.2 Å². The van der Waals surface area contributed by atoms with E-state index in [1.807, 2.05) is 0 Å². The summed E-state index contributed by atoms with van der Waals surface area (Å²) in [5.41, 5.74) is 9.43. The van der Waals surface area contributed by atoms with Crippen LogP contribution in [0.3, 0.4) is 0 Å². The molecule has 1 unspecified atom stereocenters. The van der Waals surface area contributed by atoms with Crippen LogP contribution in [0.5, 0.6) is 0 Å². The zero-order valence-electron chi connectivity index (χ0n) is 20.1. The number of anilines is 2. The van der Waals surface area contributed by atoms with Gasteiger partial charge in [-0.2, -0.15) is 0 Å². The smallest absolute Gasteiger partial charge is 0.326 e. The molecule has 0 spiro atoms. The number of nitrogens with one attached hydrogen (secondary N) is 1. The highest BCUT2D eigenvalue weighted by Crippen LogP contribution is 2.35. The van der Waals surface area contributed by atoms with Crippen LogP contribution in [0, 0.1) is 0 Å². The Hall–Kier alpha value is -4.83. The second-order valence-corrected chi connectivity index (χ2v) is 9.15. The molecule has 3 aromatic carbocycles. The molecule has 0 radical (unpaired) electrons. The number of nitrogens with zero attached hydrogens (tertiary/aromatic N) is 2. The third kappa shape index (κ3) is 4.53. The van der Waals surface area contributed by atoms with Gasteiger partial charge in [-0.05, 0) is 47.0 Å². The third-order valence-electron chi connectivity index (χ3n) is 6.69. The van der Waals surface area contributed by atoms with Gasteiger partial charge in [0, 0.05) is 17.7 Å². The van der Waals surface area contributed by atoms with Crippen molar-refractivity contribution in [1.29, 1.82) is 0 Å². The number of carboxylic acid groups (broad SMARTS) is 1. The van der Waals surface area contributed by atoms with Gasteiger partial charge in [-0.3, -0.25) is 14.4 Å². The van der Waals surface area contributed by atoms with Crippen molar-refractivity contribution >= 4 is 46.5 Å². The van der Waals surface area contributed by atoms with Crippen molar-refractivity contribution in [3.8, 4) is 0 Å². The van der Waals surface area contributed by atoms with Crippen molar-refractivity contribution in [3.05, 3.63) is 89.0 Å². The summed E-state index contributed by atoms with van der Waals surface area (Å²) in [5, 5.41) is 22.1. The van der Waals surface area contributed by atoms with E-state index in [1.165, 1.54) is 0 Å². The molecule has 0 saturated carbocycles. The molecule has 5 N–H and O–H groups in total. The van der Waals surface area contributed by atoms with Crippen molar-refractivity contribution in [1.82, 2.24) is 5.32 Å². The number of carbonyl (C=O) groups is 4. The molecule has 0 aliphatic carbocycles. The summed E-state index contributed by atoms with van der Waals surface area (Å²) in [6.45, 7) is -0.340. The number of hydrogen-bond donors (Lipinski definition) is 4. The molecule has 2 aliphatic rings. The number of aliphatic hydroxyl groups excluding tert-OH is 1. The summed E-state index contributed by atoms with van der Waals surface area (Å²) in [7, 11) is 0. The Morgan fingerprint density at radius 3 is 2.53 bits per heavy atom. The molecular weight excluding hydrogens is 488 g/mol. The first-order chi connectivity index (χ1) is 18.3. The Morgan fingerprint density at radius 2 is 1.82 bits per heavy atom. The molecule has 2 atom stereocenters. The number of aliphatic imine (C=N–C) groups is 1. The number of nitrogens with two attached hydrogens (primary N) is 1. The van der Waals surface area contributed by atoms with Crippen molar-refractivity contribution < 1.29 is 29.4 Å². The van der Waals surface area contributed by atoms with E-state index in [2.05, 4.69) is 10.3 Å². The first kappa shape index (κ1) is 24.8. The minimum absolute atomic E-state index is 0.0490. The maximum Gasteiger partial charge on any atom is 0.326 e. The monoisotopic (exact) mass is 512 g/mol. The molecule has 5 rings (SSSR count). The molecule has 3 aromatic rings. The van der Waals surface area contributed by atoms with Crippen LogP contribution >= 0.6 is 0 Å². The van der Waals surface area contributed by atoms with Crippen LogP contribution < -0.4 is 16.0 Å². The highest BCUT2D eigenvalue weighted by molar-refractivity contribution is 6.43. The maximum absolute atomic E-state index is 13.0. The molecular formula is C28H24N4O6. The molecule has 2 heterocycles. The number of para-hydroxylation sites is 1. The highest BCUT2D eigenvalue weighted by Gasteiger charge is 2.34. The van der Waals surface area contributed by atoms with E-state index in [0.29, 0.717) is 39.3 Å². The zero-order valence-corrected chi connectivity index (χ0v) is 20.1. The molecule has 0 fully saturated rings. The summed E-state index contributed by atoms with van der Waals surface area (Å²) in [6.07, 6.45) is 0.00540. The molecule has 10 nitrogen and oxygen atoms in total. The summed E-state index contributed by atoms with van der Waals surface area (Å²) < 4.78 is 0. The van der Waals surface area contributed by atoms with Gasteiger partial charge in [0.05, 0.1) is 30.3 Å². The van der Waals surface area contributed by atoms with E-state index in [1.54, 1.807) is 66.7 Å². The number of carboxylic acids is 1. The maximum atomic E-state index is 13.0. The van der Waals surface area contributed by atoms with Gasteiger partial charge >= 0.3 is 5.97 Å². The Balaban J connectivity index is 1.31. The predicted octanol–water partition coefficient (Wildman–Crippen LogP) is 1.97. The normalized spacial score (nSPS) is 16.9. The van der Waals surface area contributed by atoms with Crippen LogP contribution in [-0.2, 0) is 27.2 Å². The van der Waals surface area contributed by atoms with E-state index in [4.69, 9.17) is 5.73 Å². The minimum Gasteiger partial charge on any atom is -0.480 e. The van der Waals surface area contributed by atoms with E-state index in [-0.39, 0.29) is 31.1 Å². The van der Waals surface area contributed by atoms with Crippen LogP contribution in [0.4, 0.5) is 17.1 Å². The summed E-state index contributed by atoms with van der Waals surface area (Å²) in [6, 6.07) is 16.9. The molecule has 0 saturated heterocycles. The lowest BCUT2D eigenvalue weighted by Crippen LogP contribution is -2.46. The van der Waals surface area contributed by atoms with Gasteiger partial charge < -0.3 is 21.3 Å². The largest absolute Gasteiger partial charge is 0.480 e. The molecule has 0 aromatic heterocycles. The van der Waals surface area contributed by atoms with E-state index >= 15 is 0 Å². The van der Waals surface area contributed by atoms with Gasteiger partial charge in [-0.15, -0.1) is 0 Å².